The van der Waals surface area contributed by atoms with Gasteiger partial charge in [0.05, 0.1) is 26.4 Å². The van der Waals surface area contributed by atoms with Crippen molar-refractivity contribution in [3.63, 3.8) is 0 Å². The maximum absolute atomic E-state index is 10.4. The van der Waals surface area contributed by atoms with Crippen molar-refractivity contribution in [3.05, 3.63) is 0 Å². The lowest BCUT2D eigenvalue weighted by Crippen LogP contribution is -2.55. The summed E-state index contributed by atoms with van der Waals surface area (Å²) < 4.78 is 10.7. The molecule has 4 nitrogen and oxygen atoms in total. The first kappa shape index (κ1) is 11.9. The molecule has 0 amide bonds. The van der Waals surface area contributed by atoms with Crippen LogP contribution >= 0.6 is 0 Å². The van der Waals surface area contributed by atoms with E-state index in [4.69, 9.17) is 15.2 Å². The van der Waals surface area contributed by atoms with E-state index in [-0.39, 0.29) is 5.41 Å². The fourth-order valence-corrected chi connectivity index (χ4v) is 1.65. The van der Waals surface area contributed by atoms with Gasteiger partial charge in [0.15, 0.2) is 0 Å². The third-order valence-corrected chi connectivity index (χ3v) is 3.41. The average molecular weight is 203 g/mol. The molecule has 1 unspecified atom stereocenters. The largest absolute Gasteiger partial charge is 0.384 e. The summed E-state index contributed by atoms with van der Waals surface area (Å²) in [5, 5.41) is 10.4. The van der Waals surface area contributed by atoms with Crippen LogP contribution in [0.1, 0.15) is 20.3 Å². The monoisotopic (exact) mass is 203 g/mol. The molecule has 3 N–H and O–H groups in total. The van der Waals surface area contributed by atoms with Crippen LogP contribution < -0.4 is 5.73 Å². The molecule has 1 heterocycles. The van der Waals surface area contributed by atoms with Gasteiger partial charge in [-0.1, -0.05) is 13.8 Å². The lowest BCUT2D eigenvalue weighted by Gasteiger charge is -2.42. The van der Waals surface area contributed by atoms with Crippen LogP contribution in [-0.4, -0.2) is 43.7 Å². The molecule has 1 atom stereocenters. The van der Waals surface area contributed by atoms with Crippen molar-refractivity contribution >= 4 is 0 Å². The minimum absolute atomic E-state index is 0.314. The first-order valence-corrected chi connectivity index (χ1v) is 5.16. The minimum Gasteiger partial charge on any atom is -0.384 e. The van der Waals surface area contributed by atoms with Gasteiger partial charge in [0.1, 0.15) is 5.60 Å². The topological polar surface area (TPSA) is 64.7 Å². The summed E-state index contributed by atoms with van der Waals surface area (Å²) in [4.78, 5) is 0. The molecule has 0 aromatic rings. The van der Waals surface area contributed by atoms with E-state index in [0.29, 0.717) is 33.0 Å². The molecule has 4 heteroatoms. The summed E-state index contributed by atoms with van der Waals surface area (Å²) in [6, 6.07) is 0. The Morgan fingerprint density at radius 2 is 1.86 bits per heavy atom. The van der Waals surface area contributed by atoms with Crippen molar-refractivity contribution in [2.24, 2.45) is 11.1 Å². The zero-order valence-corrected chi connectivity index (χ0v) is 9.08. The van der Waals surface area contributed by atoms with Gasteiger partial charge < -0.3 is 20.3 Å². The number of rotatable bonds is 3. The van der Waals surface area contributed by atoms with Gasteiger partial charge in [-0.2, -0.15) is 0 Å². The van der Waals surface area contributed by atoms with Crippen molar-refractivity contribution < 1.29 is 14.6 Å². The van der Waals surface area contributed by atoms with Gasteiger partial charge in [0, 0.05) is 12.0 Å². The molecule has 84 valence electrons. The SMILES string of the molecule is CCC(C)(CN)C1(O)COCCOC1. The first-order chi connectivity index (χ1) is 6.58. The van der Waals surface area contributed by atoms with Gasteiger partial charge in [0.25, 0.3) is 0 Å². The quantitative estimate of drug-likeness (QED) is 0.685. The summed E-state index contributed by atoms with van der Waals surface area (Å²) in [5.74, 6) is 0. The van der Waals surface area contributed by atoms with Crippen LogP contribution in [0.3, 0.4) is 0 Å². The molecule has 1 rings (SSSR count). The Morgan fingerprint density at radius 1 is 1.36 bits per heavy atom. The smallest absolute Gasteiger partial charge is 0.118 e. The van der Waals surface area contributed by atoms with Crippen molar-refractivity contribution in [1.29, 1.82) is 0 Å². The maximum atomic E-state index is 10.4. The highest BCUT2D eigenvalue weighted by molar-refractivity contribution is 4.97. The lowest BCUT2D eigenvalue weighted by atomic mass is 9.72. The molecular weight excluding hydrogens is 182 g/mol. The van der Waals surface area contributed by atoms with E-state index in [1.165, 1.54) is 0 Å². The molecule has 0 aliphatic carbocycles. The zero-order chi connectivity index (χ0) is 10.7. The van der Waals surface area contributed by atoms with Crippen molar-refractivity contribution in [2.45, 2.75) is 25.9 Å². The first-order valence-electron chi connectivity index (χ1n) is 5.16. The predicted molar refractivity (Wildman–Crippen MR) is 54.0 cm³/mol. The second kappa shape index (κ2) is 4.57. The molecule has 0 saturated carbocycles. The van der Waals surface area contributed by atoms with E-state index in [1.54, 1.807) is 0 Å². The molecule has 0 bridgehead atoms. The molecule has 1 fully saturated rings. The Morgan fingerprint density at radius 3 is 2.21 bits per heavy atom. The summed E-state index contributed by atoms with van der Waals surface area (Å²) in [7, 11) is 0. The Balaban J connectivity index is 2.78. The number of nitrogens with two attached hydrogens (primary N) is 1. The van der Waals surface area contributed by atoms with Gasteiger partial charge >= 0.3 is 0 Å². The highest BCUT2D eigenvalue weighted by Gasteiger charge is 2.46. The zero-order valence-electron chi connectivity index (χ0n) is 9.08. The highest BCUT2D eigenvalue weighted by atomic mass is 16.6. The van der Waals surface area contributed by atoms with Crippen LogP contribution in [0.25, 0.3) is 0 Å². The van der Waals surface area contributed by atoms with Gasteiger partial charge in [-0.15, -0.1) is 0 Å². The summed E-state index contributed by atoms with van der Waals surface area (Å²) in [6.07, 6.45) is 0.812. The van der Waals surface area contributed by atoms with Gasteiger partial charge in [0.2, 0.25) is 0 Å². The average Bonchev–Trinajstić information content (AvgIpc) is 2.43. The summed E-state index contributed by atoms with van der Waals surface area (Å²) >= 11 is 0. The van der Waals surface area contributed by atoms with Crippen molar-refractivity contribution in [1.82, 2.24) is 0 Å². The lowest BCUT2D eigenvalue weighted by molar-refractivity contribution is -0.135. The van der Waals surface area contributed by atoms with Gasteiger partial charge in [-0.25, -0.2) is 0 Å². The summed E-state index contributed by atoms with van der Waals surface area (Å²) in [6.45, 7) is 6.16. The Hall–Kier alpha value is -0.160. The number of ether oxygens (including phenoxy) is 2. The Kier molecular flexibility index (Phi) is 3.89. The standard InChI is InChI=1S/C10H21NO3/c1-3-9(2,6-11)10(12)7-13-4-5-14-8-10/h12H,3-8,11H2,1-2H3. The fourth-order valence-electron chi connectivity index (χ4n) is 1.65. The second-order valence-electron chi connectivity index (χ2n) is 4.26. The minimum atomic E-state index is -0.951. The van der Waals surface area contributed by atoms with E-state index in [0.717, 1.165) is 6.42 Å². The highest BCUT2D eigenvalue weighted by Crippen LogP contribution is 2.35. The van der Waals surface area contributed by atoms with E-state index in [2.05, 4.69) is 0 Å². The molecule has 1 aliphatic heterocycles. The van der Waals surface area contributed by atoms with E-state index >= 15 is 0 Å². The number of hydrogen-bond donors (Lipinski definition) is 2. The van der Waals surface area contributed by atoms with Crippen LogP contribution in [0.4, 0.5) is 0 Å². The third-order valence-electron chi connectivity index (χ3n) is 3.41. The third kappa shape index (κ3) is 2.08. The molecule has 0 aromatic heterocycles. The van der Waals surface area contributed by atoms with Crippen LogP contribution in [0, 0.1) is 5.41 Å². The molecule has 1 aliphatic rings. The molecule has 0 radical (unpaired) electrons. The normalized spacial score (nSPS) is 26.6. The Labute approximate surface area is 85.4 Å². The number of hydrogen-bond acceptors (Lipinski definition) is 4. The fraction of sp³-hybridized carbons (Fsp3) is 1.00. The van der Waals surface area contributed by atoms with E-state index < -0.39 is 5.60 Å². The van der Waals surface area contributed by atoms with E-state index in [1.807, 2.05) is 13.8 Å². The Bertz CT molecular complexity index is 172. The van der Waals surface area contributed by atoms with Gasteiger partial charge in [-0.3, -0.25) is 0 Å². The van der Waals surface area contributed by atoms with Crippen molar-refractivity contribution in [3.8, 4) is 0 Å². The van der Waals surface area contributed by atoms with Crippen LogP contribution in [0.5, 0.6) is 0 Å². The molecule has 1 saturated heterocycles. The van der Waals surface area contributed by atoms with Gasteiger partial charge in [-0.05, 0) is 6.42 Å². The van der Waals surface area contributed by atoms with Crippen LogP contribution in [0.2, 0.25) is 0 Å². The predicted octanol–water partition coefficient (Wildman–Crippen LogP) is 0.139. The summed E-state index contributed by atoms with van der Waals surface area (Å²) in [5.41, 5.74) is 4.43. The van der Waals surface area contributed by atoms with Crippen LogP contribution in [0.15, 0.2) is 0 Å². The maximum Gasteiger partial charge on any atom is 0.118 e. The van der Waals surface area contributed by atoms with Crippen LogP contribution in [-0.2, 0) is 9.47 Å². The van der Waals surface area contributed by atoms with E-state index in [9.17, 15) is 5.11 Å². The molecule has 0 aromatic carbocycles. The molecule has 0 spiro atoms. The molecule has 14 heavy (non-hydrogen) atoms. The number of aliphatic hydroxyl groups is 1. The second-order valence-corrected chi connectivity index (χ2v) is 4.26. The van der Waals surface area contributed by atoms with Crippen molar-refractivity contribution in [2.75, 3.05) is 33.0 Å². The molecular formula is C10H21NO3.